The Labute approximate surface area is 125 Å². The number of benzene rings is 2. The number of aryl methyl sites for hydroxylation is 3. The largest absolute Gasteiger partial charge is 0.350 e. The van der Waals surface area contributed by atoms with Gasteiger partial charge in [0.15, 0.2) is 5.78 Å². The Balaban J connectivity index is 2.08. The van der Waals surface area contributed by atoms with Crippen LogP contribution in [0.5, 0.6) is 0 Å². The maximum atomic E-state index is 12.7. The van der Waals surface area contributed by atoms with Crippen molar-refractivity contribution >= 4 is 16.7 Å². The molecule has 0 aliphatic heterocycles. The molecule has 0 aliphatic rings. The van der Waals surface area contributed by atoms with Crippen LogP contribution in [0.2, 0.25) is 0 Å². The van der Waals surface area contributed by atoms with Crippen LogP contribution in [0.4, 0.5) is 0 Å². The summed E-state index contributed by atoms with van der Waals surface area (Å²) in [5.41, 5.74) is 5.08. The molecule has 3 aromatic rings. The molecular weight excluding hydrogens is 258 g/mol. The zero-order chi connectivity index (χ0) is 15.0. The minimum Gasteiger partial charge on any atom is -0.350 e. The molecule has 3 rings (SSSR count). The number of fused-ring (bicyclic) bond motifs is 1. The number of rotatable bonds is 3. The van der Waals surface area contributed by atoms with Crippen molar-refractivity contribution in [1.29, 1.82) is 0 Å². The first kappa shape index (κ1) is 13.6. The molecule has 0 fully saturated rings. The summed E-state index contributed by atoms with van der Waals surface area (Å²) in [4.78, 5) is 12.7. The highest BCUT2D eigenvalue weighted by molar-refractivity contribution is 6.16. The maximum Gasteiger partial charge on any atom is 0.195 e. The molecule has 0 amide bonds. The quantitative estimate of drug-likeness (QED) is 0.655. The fourth-order valence-electron chi connectivity index (χ4n) is 2.72. The van der Waals surface area contributed by atoms with Gasteiger partial charge in [-0.05, 0) is 30.5 Å². The van der Waals surface area contributed by atoms with Gasteiger partial charge in [0.2, 0.25) is 0 Å². The van der Waals surface area contributed by atoms with E-state index in [1.807, 2.05) is 48.1 Å². The number of carbonyl (C=O) groups is 1. The Bertz CT molecular complexity index is 809. The second-order valence-electron chi connectivity index (χ2n) is 5.55. The monoisotopic (exact) mass is 277 g/mol. The van der Waals surface area contributed by atoms with E-state index < -0.39 is 0 Å². The molecule has 0 radical (unpaired) electrons. The first-order chi connectivity index (χ1) is 10.1. The first-order valence-electron chi connectivity index (χ1n) is 7.29. The van der Waals surface area contributed by atoms with E-state index in [4.69, 9.17) is 0 Å². The van der Waals surface area contributed by atoms with Crippen molar-refractivity contribution in [2.24, 2.45) is 7.05 Å². The van der Waals surface area contributed by atoms with E-state index >= 15 is 0 Å². The highest BCUT2D eigenvalue weighted by Crippen LogP contribution is 2.24. The SMILES string of the molecule is CCc1ccc(C(=O)c2cn(C)c3cc(C)ccc23)cc1. The normalized spacial score (nSPS) is 11.0. The van der Waals surface area contributed by atoms with E-state index in [0.29, 0.717) is 0 Å². The molecule has 21 heavy (non-hydrogen) atoms. The molecule has 0 aliphatic carbocycles. The van der Waals surface area contributed by atoms with E-state index in [1.165, 1.54) is 11.1 Å². The van der Waals surface area contributed by atoms with Crippen molar-refractivity contribution in [3.05, 3.63) is 70.9 Å². The van der Waals surface area contributed by atoms with E-state index in [0.717, 1.165) is 28.5 Å². The molecule has 2 aromatic carbocycles. The summed E-state index contributed by atoms with van der Waals surface area (Å²) in [5, 5.41) is 1.02. The predicted octanol–water partition coefficient (Wildman–Crippen LogP) is 4.28. The lowest BCUT2D eigenvalue weighted by molar-refractivity contribution is 0.104. The summed E-state index contributed by atoms with van der Waals surface area (Å²) in [6, 6.07) is 14.1. The Morgan fingerprint density at radius 3 is 2.48 bits per heavy atom. The smallest absolute Gasteiger partial charge is 0.195 e. The van der Waals surface area contributed by atoms with Crippen molar-refractivity contribution in [1.82, 2.24) is 4.57 Å². The molecule has 1 heterocycles. The van der Waals surface area contributed by atoms with Gasteiger partial charge >= 0.3 is 0 Å². The van der Waals surface area contributed by atoms with Crippen LogP contribution in [0.25, 0.3) is 10.9 Å². The Kier molecular flexibility index (Phi) is 3.38. The highest BCUT2D eigenvalue weighted by Gasteiger charge is 2.15. The molecule has 0 saturated heterocycles. The van der Waals surface area contributed by atoms with Crippen LogP contribution in [0.1, 0.15) is 34.0 Å². The minimum absolute atomic E-state index is 0.0899. The third kappa shape index (κ3) is 2.38. The molecule has 0 unspecified atom stereocenters. The molecule has 2 heteroatoms. The van der Waals surface area contributed by atoms with E-state index in [2.05, 4.69) is 26.0 Å². The fraction of sp³-hybridized carbons (Fsp3) is 0.211. The van der Waals surface area contributed by atoms with Crippen molar-refractivity contribution in [3.63, 3.8) is 0 Å². The molecule has 0 bridgehead atoms. The Morgan fingerprint density at radius 1 is 1.10 bits per heavy atom. The zero-order valence-corrected chi connectivity index (χ0v) is 12.7. The van der Waals surface area contributed by atoms with Gasteiger partial charge in [-0.3, -0.25) is 4.79 Å². The number of ketones is 1. The second-order valence-corrected chi connectivity index (χ2v) is 5.55. The average molecular weight is 277 g/mol. The predicted molar refractivity (Wildman–Crippen MR) is 86.9 cm³/mol. The lowest BCUT2D eigenvalue weighted by atomic mass is 10.0. The van der Waals surface area contributed by atoms with Gasteiger partial charge in [0.05, 0.1) is 0 Å². The number of aromatic nitrogens is 1. The van der Waals surface area contributed by atoms with E-state index in [9.17, 15) is 4.79 Å². The Hall–Kier alpha value is -2.35. The third-order valence-electron chi connectivity index (χ3n) is 4.02. The molecule has 1 aromatic heterocycles. The van der Waals surface area contributed by atoms with Crippen LogP contribution in [0.3, 0.4) is 0 Å². The summed E-state index contributed by atoms with van der Waals surface area (Å²) in [6.07, 6.45) is 2.92. The number of hydrogen-bond acceptors (Lipinski definition) is 1. The first-order valence-corrected chi connectivity index (χ1v) is 7.29. The highest BCUT2D eigenvalue weighted by atomic mass is 16.1. The standard InChI is InChI=1S/C19H19NO/c1-4-14-6-8-15(9-7-14)19(21)17-12-20(3)18-11-13(2)5-10-16(17)18/h5-12H,4H2,1-3H3. The minimum atomic E-state index is 0.0899. The molecule has 106 valence electrons. The summed E-state index contributed by atoms with van der Waals surface area (Å²) in [7, 11) is 1.98. The average Bonchev–Trinajstić information content (AvgIpc) is 2.83. The van der Waals surface area contributed by atoms with Crippen molar-refractivity contribution in [2.75, 3.05) is 0 Å². The second kappa shape index (κ2) is 5.21. The van der Waals surface area contributed by atoms with Gasteiger partial charge in [0, 0.05) is 35.3 Å². The van der Waals surface area contributed by atoms with Crippen LogP contribution >= 0.6 is 0 Å². The lowest BCUT2D eigenvalue weighted by Crippen LogP contribution is -2.00. The molecular formula is C19H19NO. The summed E-state index contributed by atoms with van der Waals surface area (Å²) >= 11 is 0. The summed E-state index contributed by atoms with van der Waals surface area (Å²) < 4.78 is 2.02. The van der Waals surface area contributed by atoms with Crippen molar-refractivity contribution < 1.29 is 4.79 Å². The van der Waals surface area contributed by atoms with Gasteiger partial charge in [0.1, 0.15) is 0 Å². The number of carbonyl (C=O) groups excluding carboxylic acids is 1. The molecule has 0 saturated carbocycles. The molecule has 2 nitrogen and oxygen atoms in total. The third-order valence-corrected chi connectivity index (χ3v) is 4.02. The maximum absolute atomic E-state index is 12.7. The molecule has 0 N–H and O–H groups in total. The number of nitrogens with zero attached hydrogens (tertiary/aromatic N) is 1. The van der Waals surface area contributed by atoms with Crippen LogP contribution in [-0.4, -0.2) is 10.4 Å². The van der Waals surface area contributed by atoms with Crippen molar-refractivity contribution in [3.8, 4) is 0 Å². The molecule has 0 spiro atoms. The summed E-state index contributed by atoms with van der Waals surface area (Å²) in [6.45, 7) is 4.18. The van der Waals surface area contributed by atoms with E-state index in [-0.39, 0.29) is 5.78 Å². The van der Waals surface area contributed by atoms with Gasteiger partial charge < -0.3 is 4.57 Å². The lowest BCUT2D eigenvalue weighted by Gasteiger charge is -2.02. The van der Waals surface area contributed by atoms with Crippen LogP contribution in [-0.2, 0) is 13.5 Å². The zero-order valence-electron chi connectivity index (χ0n) is 12.7. The van der Waals surface area contributed by atoms with Gasteiger partial charge in [-0.15, -0.1) is 0 Å². The Morgan fingerprint density at radius 2 is 1.81 bits per heavy atom. The van der Waals surface area contributed by atoms with Crippen molar-refractivity contribution in [2.45, 2.75) is 20.3 Å². The van der Waals surface area contributed by atoms with Gasteiger partial charge in [-0.2, -0.15) is 0 Å². The molecule has 0 atom stereocenters. The van der Waals surface area contributed by atoms with Gasteiger partial charge in [-0.1, -0.05) is 43.3 Å². The van der Waals surface area contributed by atoms with E-state index in [1.54, 1.807) is 0 Å². The van der Waals surface area contributed by atoms with Crippen LogP contribution < -0.4 is 0 Å². The van der Waals surface area contributed by atoms with Gasteiger partial charge in [-0.25, -0.2) is 0 Å². The topological polar surface area (TPSA) is 22.0 Å². The van der Waals surface area contributed by atoms with Crippen LogP contribution in [0, 0.1) is 6.92 Å². The number of hydrogen-bond donors (Lipinski definition) is 0. The van der Waals surface area contributed by atoms with Crippen LogP contribution in [0.15, 0.2) is 48.7 Å². The van der Waals surface area contributed by atoms with Gasteiger partial charge in [0.25, 0.3) is 0 Å². The fourth-order valence-corrected chi connectivity index (χ4v) is 2.72. The summed E-state index contributed by atoms with van der Waals surface area (Å²) in [5.74, 6) is 0.0899.